The fourth-order valence-corrected chi connectivity index (χ4v) is 1.74. The van der Waals surface area contributed by atoms with Crippen LogP contribution in [0.2, 0.25) is 0 Å². The molecule has 7 heteroatoms. The lowest BCUT2D eigenvalue weighted by molar-refractivity contribution is -0.151. The molecule has 0 aliphatic heterocycles. The van der Waals surface area contributed by atoms with Gasteiger partial charge in [0.15, 0.2) is 0 Å². The van der Waals surface area contributed by atoms with Crippen molar-refractivity contribution in [3.63, 3.8) is 0 Å². The van der Waals surface area contributed by atoms with Gasteiger partial charge in [0.05, 0.1) is 12.1 Å². The Morgan fingerprint density at radius 2 is 1.95 bits per heavy atom. The first-order valence-corrected chi connectivity index (χ1v) is 5.93. The number of nitrogens with zero attached hydrogens (tertiary/aromatic N) is 1. The van der Waals surface area contributed by atoms with E-state index in [9.17, 15) is 22.4 Å². The van der Waals surface area contributed by atoms with E-state index in [1.807, 2.05) is 0 Å². The van der Waals surface area contributed by atoms with Gasteiger partial charge in [-0.05, 0) is 19.9 Å². The Labute approximate surface area is 113 Å². The molecule has 0 saturated carbocycles. The third-order valence-corrected chi connectivity index (χ3v) is 2.80. The zero-order valence-corrected chi connectivity index (χ0v) is 11.0. The van der Waals surface area contributed by atoms with Crippen molar-refractivity contribution >= 4 is 5.97 Å². The normalized spacial score (nSPS) is 12.2. The number of carboxylic acids is 1. The number of carbonyl (C=O) groups is 1. The molecule has 1 N–H and O–H groups in total. The molecule has 20 heavy (non-hydrogen) atoms. The average Bonchev–Trinajstić information content (AvgIpc) is 2.28. The number of carboxylic acid groups (broad SMARTS) is 1. The number of benzene rings is 1. The van der Waals surface area contributed by atoms with E-state index in [-0.39, 0.29) is 12.1 Å². The maximum absolute atomic E-state index is 13.9. The van der Waals surface area contributed by atoms with Crippen LogP contribution in [0, 0.1) is 5.82 Å². The minimum atomic E-state index is -4.40. The van der Waals surface area contributed by atoms with Crippen molar-refractivity contribution in [2.24, 2.45) is 0 Å². The molecule has 0 heterocycles. The second kappa shape index (κ2) is 6.21. The first kappa shape index (κ1) is 16.4. The van der Waals surface area contributed by atoms with Crippen LogP contribution in [0.4, 0.5) is 17.6 Å². The van der Waals surface area contributed by atoms with E-state index in [1.54, 1.807) is 13.8 Å². The van der Waals surface area contributed by atoms with Crippen molar-refractivity contribution in [2.75, 3.05) is 6.54 Å². The predicted octanol–water partition coefficient (Wildman–Crippen LogP) is 3.30. The van der Waals surface area contributed by atoms with Gasteiger partial charge in [0, 0.05) is 18.2 Å². The van der Waals surface area contributed by atoms with Gasteiger partial charge in [-0.25, -0.2) is 9.18 Å². The van der Waals surface area contributed by atoms with E-state index in [4.69, 9.17) is 5.11 Å². The molecule has 0 aliphatic rings. The zero-order chi connectivity index (χ0) is 15.5. The van der Waals surface area contributed by atoms with E-state index >= 15 is 0 Å². The SMILES string of the molecule is CC(C)N(Cc1cccc(C(=O)O)c1F)CC(F)(F)F. The highest BCUT2D eigenvalue weighted by molar-refractivity contribution is 5.88. The van der Waals surface area contributed by atoms with Gasteiger partial charge >= 0.3 is 12.1 Å². The van der Waals surface area contributed by atoms with E-state index < -0.39 is 36.1 Å². The lowest BCUT2D eigenvalue weighted by Gasteiger charge is -2.27. The number of hydrogen-bond donors (Lipinski definition) is 1. The fourth-order valence-electron chi connectivity index (χ4n) is 1.74. The summed E-state index contributed by atoms with van der Waals surface area (Å²) in [5.41, 5.74) is -0.610. The average molecular weight is 293 g/mol. The van der Waals surface area contributed by atoms with E-state index in [0.717, 1.165) is 11.0 Å². The summed E-state index contributed by atoms with van der Waals surface area (Å²) in [6, 6.07) is 3.22. The van der Waals surface area contributed by atoms with E-state index in [1.165, 1.54) is 12.1 Å². The highest BCUT2D eigenvalue weighted by Gasteiger charge is 2.32. The second-order valence-electron chi connectivity index (χ2n) is 4.70. The molecule has 0 aromatic heterocycles. The first-order chi connectivity index (χ1) is 9.11. The predicted molar refractivity (Wildman–Crippen MR) is 65.0 cm³/mol. The van der Waals surface area contributed by atoms with Crippen LogP contribution in [0.3, 0.4) is 0 Å². The van der Waals surface area contributed by atoms with E-state index in [2.05, 4.69) is 0 Å². The molecule has 112 valence electrons. The molecule has 0 bridgehead atoms. The van der Waals surface area contributed by atoms with Crippen molar-refractivity contribution in [1.82, 2.24) is 4.90 Å². The topological polar surface area (TPSA) is 40.5 Å². The summed E-state index contributed by atoms with van der Waals surface area (Å²) in [7, 11) is 0. The second-order valence-corrected chi connectivity index (χ2v) is 4.70. The van der Waals surface area contributed by atoms with Crippen molar-refractivity contribution in [1.29, 1.82) is 0 Å². The molecule has 0 fully saturated rings. The molecule has 0 atom stereocenters. The lowest BCUT2D eigenvalue weighted by Crippen LogP contribution is -2.38. The monoisotopic (exact) mass is 293 g/mol. The highest BCUT2D eigenvalue weighted by atomic mass is 19.4. The van der Waals surface area contributed by atoms with Crippen LogP contribution in [0.25, 0.3) is 0 Å². The Bertz CT molecular complexity index is 486. The molecule has 3 nitrogen and oxygen atoms in total. The zero-order valence-electron chi connectivity index (χ0n) is 11.0. The van der Waals surface area contributed by atoms with Crippen molar-refractivity contribution in [2.45, 2.75) is 32.6 Å². The molecule has 0 aliphatic carbocycles. The number of rotatable bonds is 5. The Balaban J connectivity index is 3.00. The van der Waals surface area contributed by atoms with Gasteiger partial charge in [0.2, 0.25) is 0 Å². The fraction of sp³-hybridized carbons (Fsp3) is 0.462. The highest BCUT2D eigenvalue weighted by Crippen LogP contribution is 2.22. The molecule has 0 radical (unpaired) electrons. The van der Waals surface area contributed by atoms with Crippen molar-refractivity contribution in [3.8, 4) is 0 Å². The van der Waals surface area contributed by atoms with Gasteiger partial charge in [-0.3, -0.25) is 4.90 Å². The van der Waals surface area contributed by atoms with E-state index in [0.29, 0.717) is 0 Å². The largest absolute Gasteiger partial charge is 0.478 e. The molecular weight excluding hydrogens is 278 g/mol. The maximum atomic E-state index is 13.9. The summed E-state index contributed by atoms with van der Waals surface area (Å²) in [5.74, 6) is -2.44. The summed E-state index contributed by atoms with van der Waals surface area (Å²) in [5, 5.41) is 8.79. The van der Waals surface area contributed by atoms with Crippen LogP contribution in [0.5, 0.6) is 0 Å². The molecule has 1 aromatic carbocycles. The van der Waals surface area contributed by atoms with Gasteiger partial charge < -0.3 is 5.11 Å². The van der Waals surface area contributed by atoms with Gasteiger partial charge in [-0.1, -0.05) is 12.1 Å². The molecule has 1 aromatic rings. The Kier molecular flexibility index (Phi) is 5.10. The molecule has 1 rings (SSSR count). The number of alkyl halides is 3. The number of halogens is 4. The number of hydrogen-bond acceptors (Lipinski definition) is 2. The van der Waals surface area contributed by atoms with Crippen LogP contribution >= 0.6 is 0 Å². The molecule has 0 spiro atoms. The minimum absolute atomic E-state index is 0.0668. The van der Waals surface area contributed by atoms with Crippen LogP contribution in [-0.2, 0) is 6.54 Å². The summed E-state index contributed by atoms with van der Waals surface area (Å²) < 4.78 is 51.2. The molecule has 0 amide bonds. The summed E-state index contributed by atoms with van der Waals surface area (Å²) in [6.07, 6.45) is -4.40. The van der Waals surface area contributed by atoms with Gasteiger partial charge in [-0.2, -0.15) is 13.2 Å². The summed E-state index contributed by atoms with van der Waals surface area (Å²) >= 11 is 0. The first-order valence-electron chi connectivity index (χ1n) is 5.93. The smallest absolute Gasteiger partial charge is 0.401 e. The van der Waals surface area contributed by atoms with Crippen molar-refractivity contribution in [3.05, 3.63) is 35.1 Å². The summed E-state index contributed by atoms with van der Waals surface area (Å²) in [4.78, 5) is 11.8. The van der Waals surface area contributed by atoms with Gasteiger partial charge in [0.25, 0.3) is 0 Å². The third-order valence-electron chi connectivity index (χ3n) is 2.80. The lowest BCUT2D eigenvalue weighted by atomic mass is 10.1. The Hall–Kier alpha value is -1.63. The Morgan fingerprint density at radius 3 is 2.40 bits per heavy atom. The van der Waals surface area contributed by atoms with Crippen LogP contribution in [-0.4, -0.2) is 34.7 Å². The van der Waals surface area contributed by atoms with Crippen LogP contribution in [0.15, 0.2) is 18.2 Å². The van der Waals surface area contributed by atoms with Gasteiger partial charge in [-0.15, -0.1) is 0 Å². The van der Waals surface area contributed by atoms with Gasteiger partial charge in [0.1, 0.15) is 5.82 Å². The number of aromatic carboxylic acids is 1. The summed E-state index contributed by atoms with van der Waals surface area (Å²) in [6.45, 7) is 1.64. The quantitative estimate of drug-likeness (QED) is 0.847. The van der Waals surface area contributed by atoms with Crippen molar-refractivity contribution < 1.29 is 27.5 Å². The molecular formula is C13H15F4NO2. The minimum Gasteiger partial charge on any atom is -0.478 e. The maximum Gasteiger partial charge on any atom is 0.401 e. The van der Waals surface area contributed by atoms with Crippen LogP contribution < -0.4 is 0 Å². The molecule has 0 unspecified atom stereocenters. The Morgan fingerprint density at radius 1 is 1.35 bits per heavy atom. The van der Waals surface area contributed by atoms with Crippen LogP contribution in [0.1, 0.15) is 29.8 Å². The third kappa shape index (κ3) is 4.48. The standard InChI is InChI=1S/C13H15F4NO2/c1-8(2)18(7-13(15,16)17)6-9-4-3-5-10(11(9)14)12(19)20/h3-5,8H,6-7H2,1-2H3,(H,19,20). The molecule has 0 saturated heterocycles.